The third-order valence-corrected chi connectivity index (χ3v) is 0.835. The summed E-state index contributed by atoms with van der Waals surface area (Å²) in [6, 6.07) is 0. The van der Waals surface area contributed by atoms with Gasteiger partial charge in [-0.3, -0.25) is 4.79 Å². The number of aliphatic hydroxyl groups is 1. The van der Waals surface area contributed by atoms with Crippen LogP contribution < -0.4 is 0 Å². The molecule has 3 heteroatoms. The second kappa shape index (κ2) is 8.43. The summed E-state index contributed by atoms with van der Waals surface area (Å²) >= 11 is 0. The molecule has 0 aromatic carbocycles. The molecule has 2 N–H and O–H groups in total. The van der Waals surface area contributed by atoms with Crippen LogP contribution in [0, 0.1) is 5.92 Å². The minimum atomic E-state index is -0.855. The molecule has 0 bridgehead atoms. The van der Waals surface area contributed by atoms with Gasteiger partial charge >= 0.3 is 5.97 Å². The van der Waals surface area contributed by atoms with E-state index >= 15 is 0 Å². The Morgan fingerprint density at radius 3 is 2.00 bits per heavy atom. The summed E-state index contributed by atoms with van der Waals surface area (Å²) in [5, 5.41) is 16.4. The molecule has 0 amide bonds. The SMILES string of the molecule is CC.CC(CO)CC(=O)O. The summed E-state index contributed by atoms with van der Waals surface area (Å²) in [4.78, 5) is 9.86. The van der Waals surface area contributed by atoms with Crippen LogP contribution in [0.15, 0.2) is 0 Å². The normalized spacial score (nSPS) is 11.2. The fourth-order valence-electron chi connectivity index (χ4n) is 0.363. The first-order valence-electron chi connectivity index (χ1n) is 3.49. The van der Waals surface area contributed by atoms with Gasteiger partial charge in [-0.25, -0.2) is 0 Å². The van der Waals surface area contributed by atoms with Gasteiger partial charge in [0.05, 0.1) is 6.42 Å². The highest BCUT2D eigenvalue weighted by Crippen LogP contribution is 1.97. The molecule has 0 aliphatic rings. The second-order valence-electron chi connectivity index (χ2n) is 1.89. The van der Waals surface area contributed by atoms with Gasteiger partial charge in [-0.1, -0.05) is 20.8 Å². The minimum absolute atomic E-state index is 0.0493. The molecule has 3 nitrogen and oxygen atoms in total. The number of aliphatic carboxylic acids is 1. The first kappa shape index (κ1) is 12.1. The molecule has 0 heterocycles. The van der Waals surface area contributed by atoms with Crippen LogP contribution in [-0.2, 0) is 4.79 Å². The molecule has 1 unspecified atom stereocenters. The van der Waals surface area contributed by atoms with Crippen molar-refractivity contribution in [3.63, 3.8) is 0 Å². The molecule has 1 atom stereocenters. The Hall–Kier alpha value is -0.570. The number of hydrogen-bond donors (Lipinski definition) is 2. The van der Waals surface area contributed by atoms with Crippen LogP contribution in [0.5, 0.6) is 0 Å². The van der Waals surface area contributed by atoms with E-state index in [1.807, 2.05) is 13.8 Å². The van der Waals surface area contributed by atoms with Gasteiger partial charge < -0.3 is 10.2 Å². The van der Waals surface area contributed by atoms with Crippen LogP contribution in [0.4, 0.5) is 0 Å². The predicted molar refractivity (Wildman–Crippen MR) is 39.9 cm³/mol. The van der Waals surface area contributed by atoms with Crippen molar-refractivity contribution >= 4 is 5.97 Å². The molecule has 0 fully saturated rings. The summed E-state index contributed by atoms with van der Waals surface area (Å²) in [6.45, 7) is 5.64. The summed E-state index contributed by atoms with van der Waals surface area (Å²) in [6.07, 6.45) is 0.0521. The molecule has 0 saturated heterocycles. The highest BCUT2D eigenvalue weighted by atomic mass is 16.4. The average Bonchev–Trinajstić information content (AvgIpc) is 1.91. The van der Waals surface area contributed by atoms with Crippen molar-refractivity contribution in [2.75, 3.05) is 6.61 Å². The van der Waals surface area contributed by atoms with Crippen molar-refractivity contribution in [3.8, 4) is 0 Å². The zero-order chi connectivity index (χ0) is 8.57. The molecule has 0 rings (SSSR count). The van der Waals surface area contributed by atoms with Crippen molar-refractivity contribution in [2.24, 2.45) is 5.92 Å². The number of carboxylic acid groups (broad SMARTS) is 1. The Labute approximate surface area is 61.7 Å². The van der Waals surface area contributed by atoms with Crippen LogP contribution >= 0.6 is 0 Å². The molecule has 0 saturated carbocycles. The molecule has 62 valence electrons. The topological polar surface area (TPSA) is 57.5 Å². The predicted octanol–water partition coefficient (Wildman–Crippen LogP) is 1.12. The lowest BCUT2D eigenvalue weighted by Crippen LogP contribution is -2.07. The minimum Gasteiger partial charge on any atom is -0.481 e. The monoisotopic (exact) mass is 148 g/mol. The lowest BCUT2D eigenvalue weighted by atomic mass is 10.1. The van der Waals surface area contributed by atoms with Gasteiger partial charge in [-0.05, 0) is 5.92 Å². The van der Waals surface area contributed by atoms with E-state index in [2.05, 4.69) is 0 Å². The maximum absolute atomic E-state index is 9.86. The third kappa shape index (κ3) is 10.4. The van der Waals surface area contributed by atoms with Gasteiger partial charge in [0, 0.05) is 6.61 Å². The fourth-order valence-corrected chi connectivity index (χ4v) is 0.363. The molecule has 0 aromatic rings. The van der Waals surface area contributed by atoms with Crippen LogP contribution in [0.2, 0.25) is 0 Å². The fraction of sp³-hybridized carbons (Fsp3) is 0.857. The number of hydrogen-bond acceptors (Lipinski definition) is 2. The Kier molecular flexibility index (Phi) is 10.2. The van der Waals surface area contributed by atoms with Crippen molar-refractivity contribution < 1.29 is 15.0 Å². The maximum Gasteiger partial charge on any atom is 0.303 e. The molecule has 0 aromatic heterocycles. The summed E-state index contributed by atoms with van der Waals surface area (Å²) in [7, 11) is 0. The van der Waals surface area contributed by atoms with Crippen LogP contribution in [0.3, 0.4) is 0 Å². The molecule has 0 aliphatic heterocycles. The quantitative estimate of drug-likeness (QED) is 0.630. The van der Waals surface area contributed by atoms with Gasteiger partial charge in [0.1, 0.15) is 0 Å². The van der Waals surface area contributed by atoms with E-state index in [4.69, 9.17) is 10.2 Å². The lowest BCUT2D eigenvalue weighted by Gasteiger charge is -2.00. The molecule has 10 heavy (non-hydrogen) atoms. The molecular weight excluding hydrogens is 132 g/mol. The van der Waals surface area contributed by atoms with E-state index in [-0.39, 0.29) is 18.9 Å². The van der Waals surface area contributed by atoms with Gasteiger partial charge in [0.15, 0.2) is 0 Å². The Balaban J connectivity index is 0. The van der Waals surface area contributed by atoms with Gasteiger partial charge in [-0.2, -0.15) is 0 Å². The van der Waals surface area contributed by atoms with E-state index in [0.29, 0.717) is 0 Å². The highest BCUT2D eigenvalue weighted by Gasteiger charge is 2.03. The van der Waals surface area contributed by atoms with Crippen molar-refractivity contribution in [1.29, 1.82) is 0 Å². The Morgan fingerprint density at radius 2 is 1.90 bits per heavy atom. The lowest BCUT2D eigenvalue weighted by molar-refractivity contribution is -0.138. The van der Waals surface area contributed by atoms with Gasteiger partial charge in [-0.15, -0.1) is 0 Å². The number of carbonyl (C=O) groups is 1. The Bertz CT molecular complexity index is 80.9. The molecule has 0 radical (unpaired) electrons. The van der Waals surface area contributed by atoms with Gasteiger partial charge in [0.25, 0.3) is 0 Å². The maximum atomic E-state index is 9.86. The second-order valence-corrected chi connectivity index (χ2v) is 1.89. The van der Waals surface area contributed by atoms with E-state index in [1.165, 1.54) is 0 Å². The zero-order valence-corrected chi connectivity index (χ0v) is 6.79. The van der Waals surface area contributed by atoms with E-state index in [9.17, 15) is 4.79 Å². The summed E-state index contributed by atoms with van der Waals surface area (Å²) in [5.74, 6) is -0.973. The number of carboxylic acids is 1. The largest absolute Gasteiger partial charge is 0.481 e. The third-order valence-electron chi connectivity index (χ3n) is 0.835. The average molecular weight is 148 g/mol. The zero-order valence-electron chi connectivity index (χ0n) is 6.79. The summed E-state index contributed by atoms with van der Waals surface area (Å²) < 4.78 is 0. The first-order chi connectivity index (χ1) is 4.66. The smallest absolute Gasteiger partial charge is 0.303 e. The van der Waals surface area contributed by atoms with Crippen molar-refractivity contribution in [3.05, 3.63) is 0 Å². The van der Waals surface area contributed by atoms with Crippen LogP contribution in [0.25, 0.3) is 0 Å². The van der Waals surface area contributed by atoms with Crippen LogP contribution in [-0.4, -0.2) is 22.8 Å². The molecule has 0 aliphatic carbocycles. The Morgan fingerprint density at radius 1 is 1.50 bits per heavy atom. The van der Waals surface area contributed by atoms with E-state index < -0.39 is 5.97 Å². The highest BCUT2D eigenvalue weighted by molar-refractivity contribution is 5.66. The summed E-state index contributed by atoms with van der Waals surface area (Å²) in [5.41, 5.74) is 0. The van der Waals surface area contributed by atoms with Crippen molar-refractivity contribution in [1.82, 2.24) is 0 Å². The number of aliphatic hydroxyl groups excluding tert-OH is 1. The number of rotatable bonds is 3. The molecular formula is C7H16O3. The van der Waals surface area contributed by atoms with Gasteiger partial charge in [0.2, 0.25) is 0 Å². The van der Waals surface area contributed by atoms with E-state index in [1.54, 1.807) is 6.92 Å². The first-order valence-corrected chi connectivity index (χ1v) is 3.49. The van der Waals surface area contributed by atoms with Crippen LogP contribution in [0.1, 0.15) is 27.2 Å². The standard InChI is InChI=1S/C5H10O3.C2H6/c1-4(3-6)2-5(7)8;1-2/h4,6H,2-3H2,1H3,(H,7,8);1-2H3. The van der Waals surface area contributed by atoms with E-state index in [0.717, 1.165) is 0 Å². The molecule has 0 spiro atoms. The van der Waals surface area contributed by atoms with Crippen molar-refractivity contribution in [2.45, 2.75) is 27.2 Å².